The number of aliphatic imine (C=N–C) groups is 2. The van der Waals surface area contributed by atoms with Crippen LogP contribution >= 0.6 is 11.6 Å². The van der Waals surface area contributed by atoms with Crippen LogP contribution in [-0.4, -0.2) is 11.7 Å². The number of amidine groups is 2. The van der Waals surface area contributed by atoms with Crippen LogP contribution in [0.5, 0.6) is 0 Å². The minimum absolute atomic E-state index is 0.356. The summed E-state index contributed by atoms with van der Waals surface area (Å²) in [6, 6.07) is 45.3. The lowest BCUT2D eigenvalue weighted by molar-refractivity contribution is 0.665. The lowest BCUT2D eigenvalue weighted by atomic mass is 10.0. The molecule has 0 aliphatic carbocycles. The van der Waals surface area contributed by atoms with E-state index in [4.69, 9.17) is 26.0 Å². The van der Waals surface area contributed by atoms with Gasteiger partial charge in [-0.3, -0.25) is 0 Å². The van der Waals surface area contributed by atoms with E-state index in [-0.39, 0.29) is 6.17 Å². The topological polar surface area (TPSA) is 49.9 Å². The number of hydrogen-bond acceptors (Lipinski definition) is 4. The zero-order chi connectivity index (χ0) is 28.0. The molecule has 0 amide bonds. The maximum atomic E-state index is 6.94. The third kappa shape index (κ3) is 4.16. The van der Waals surface area contributed by atoms with Gasteiger partial charge in [-0.25, -0.2) is 9.98 Å². The lowest BCUT2D eigenvalue weighted by Gasteiger charge is -2.24. The average molecular weight is 562 g/mol. The molecule has 0 fully saturated rings. The standard InChI is InChI=1S/C37H24ClN3O/c38-31-21-20-30-29-19-18-24-12-7-8-17-28(24)33(29)42-34(30)32(31)37-40-35(25-13-5-2-6-14-25)39-36(41-37)27-16-9-15-26(22-27)23-10-3-1-4-11-23/h1-22,35H,(H,39,40,41). The summed E-state index contributed by atoms with van der Waals surface area (Å²) in [6.45, 7) is 0. The number of benzene rings is 6. The van der Waals surface area contributed by atoms with Gasteiger partial charge in [-0.1, -0.05) is 121 Å². The van der Waals surface area contributed by atoms with Gasteiger partial charge in [0, 0.05) is 21.7 Å². The van der Waals surface area contributed by atoms with E-state index in [0.29, 0.717) is 22.0 Å². The summed E-state index contributed by atoms with van der Waals surface area (Å²) in [7, 11) is 0. The molecule has 1 N–H and O–H groups in total. The number of halogens is 1. The monoisotopic (exact) mass is 561 g/mol. The third-order valence-electron chi connectivity index (χ3n) is 7.81. The van der Waals surface area contributed by atoms with Gasteiger partial charge in [-0.15, -0.1) is 0 Å². The SMILES string of the molecule is Clc1ccc2c(oc3c4ccccc4ccc23)c1C1=NC(c2ccccc2)NC(c2cccc(-c3ccccc3)c2)=N1. The molecule has 1 aromatic heterocycles. The van der Waals surface area contributed by atoms with Gasteiger partial charge < -0.3 is 9.73 Å². The Hall–Kier alpha value is -5.19. The number of hydrogen-bond donors (Lipinski definition) is 1. The average Bonchev–Trinajstić information content (AvgIpc) is 3.44. The van der Waals surface area contributed by atoms with E-state index in [1.54, 1.807) is 0 Å². The molecule has 0 bridgehead atoms. The molecule has 0 spiro atoms. The van der Waals surface area contributed by atoms with E-state index < -0.39 is 0 Å². The van der Waals surface area contributed by atoms with Crippen molar-refractivity contribution in [1.29, 1.82) is 0 Å². The van der Waals surface area contributed by atoms with Gasteiger partial charge in [0.05, 0.1) is 10.6 Å². The summed E-state index contributed by atoms with van der Waals surface area (Å²) in [5, 5.41) is 8.32. The van der Waals surface area contributed by atoms with Crippen LogP contribution < -0.4 is 5.32 Å². The predicted molar refractivity (Wildman–Crippen MR) is 174 cm³/mol. The Bertz CT molecular complexity index is 2180. The largest absolute Gasteiger partial charge is 0.455 e. The van der Waals surface area contributed by atoms with Crippen LogP contribution in [0.3, 0.4) is 0 Å². The molecule has 1 aliphatic rings. The van der Waals surface area contributed by atoms with Crippen LogP contribution in [0.4, 0.5) is 0 Å². The molecule has 200 valence electrons. The molecule has 0 saturated carbocycles. The van der Waals surface area contributed by atoms with E-state index in [9.17, 15) is 0 Å². The minimum Gasteiger partial charge on any atom is -0.455 e. The second kappa shape index (κ2) is 10.0. The molecular weight excluding hydrogens is 538 g/mol. The number of nitrogens with zero attached hydrogens (tertiary/aromatic N) is 2. The van der Waals surface area contributed by atoms with E-state index in [0.717, 1.165) is 55.2 Å². The molecule has 8 rings (SSSR count). The van der Waals surface area contributed by atoms with Gasteiger partial charge in [-0.05, 0) is 46.3 Å². The Kier molecular flexibility index (Phi) is 5.87. The van der Waals surface area contributed by atoms with Gasteiger partial charge >= 0.3 is 0 Å². The zero-order valence-corrected chi connectivity index (χ0v) is 23.2. The van der Waals surface area contributed by atoms with E-state index >= 15 is 0 Å². The quantitative estimate of drug-likeness (QED) is 0.232. The number of nitrogens with one attached hydrogen (secondary N) is 1. The van der Waals surface area contributed by atoms with Gasteiger partial charge in [0.15, 0.2) is 5.84 Å². The lowest BCUT2D eigenvalue weighted by Crippen LogP contribution is -2.33. The molecule has 1 aliphatic heterocycles. The van der Waals surface area contributed by atoms with Crippen molar-refractivity contribution >= 4 is 56.0 Å². The Balaban J connectivity index is 1.34. The number of furan rings is 1. The summed E-state index contributed by atoms with van der Waals surface area (Å²) in [5.41, 5.74) is 6.45. The molecule has 2 heterocycles. The first kappa shape index (κ1) is 24.6. The summed E-state index contributed by atoms with van der Waals surface area (Å²) >= 11 is 6.94. The predicted octanol–water partition coefficient (Wildman–Crippen LogP) is 9.55. The molecule has 7 aromatic rings. The molecule has 1 atom stereocenters. The summed E-state index contributed by atoms with van der Waals surface area (Å²) < 4.78 is 6.63. The smallest absolute Gasteiger partial charge is 0.164 e. The van der Waals surface area contributed by atoms with E-state index in [2.05, 4.69) is 78.1 Å². The van der Waals surface area contributed by atoms with E-state index in [1.807, 2.05) is 60.7 Å². The van der Waals surface area contributed by atoms with Crippen LogP contribution in [0.25, 0.3) is 43.8 Å². The number of rotatable bonds is 4. The molecule has 4 nitrogen and oxygen atoms in total. The summed E-state index contributed by atoms with van der Waals surface area (Å²) in [5.74, 6) is 1.25. The maximum absolute atomic E-state index is 6.94. The van der Waals surface area contributed by atoms with Crippen LogP contribution in [0.1, 0.15) is 22.9 Å². The zero-order valence-electron chi connectivity index (χ0n) is 22.5. The Morgan fingerprint density at radius 2 is 1.29 bits per heavy atom. The first-order valence-electron chi connectivity index (χ1n) is 13.9. The van der Waals surface area contributed by atoms with Crippen molar-refractivity contribution in [3.8, 4) is 11.1 Å². The normalized spacial score (nSPS) is 15.0. The first-order chi connectivity index (χ1) is 20.7. The number of fused-ring (bicyclic) bond motifs is 5. The molecule has 42 heavy (non-hydrogen) atoms. The molecule has 5 heteroatoms. The van der Waals surface area contributed by atoms with Crippen molar-refractivity contribution in [2.45, 2.75) is 6.17 Å². The van der Waals surface area contributed by atoms with Gasteiger partial charge in [0.1, 0.15) is 23.2 Å². The van der Waals surface area contributed by atoms with Crippen molar-refractivity contribution in [3.05, 3.63) is 155 Å². The molecule has 6 aromatic carbocycles. The van der Waals surface area contributed by atoms with Gasteiger partial charge in [0.25, 0.3) is 0 Å². The maximum Gasteiger partial charge on any atom is 0.164 e. The highest BCUT2D eigenvalue weighted by Crippen LogP contribution is 2.39. The van der Waals surface area contributed by atoms with Crippen molar-refractivity contribution in [2.75, 3.05) is 0 Å². The second-order valence-electron chi connectivity index (χ2n) is 10.4. The second-order valence-corrected chi connectivity index (χ2v) is 10.8. The molecule has 0 saturated heterocycles. The first-order valence-corrected chi connectivity index (χ1v) is 14.3. The van der Waals surface area contributed by atoms with Crippen molar-refractivity contribution in [2.24, 2.45) is 9.98 Å². The van der Waals surface area contributed by atoms with Gasteiger partial charge in [0.2, 0.25) is 0 Å². The van der Waals surface area contributed by atoms with E-state index in [1.165, 1.54) is 0 Å². The van der Waals surface area contributed by atoms with Crippen molar-refractivity contribution < 1.29 is 4.42 Å². The Labute approximate surface area is 247 Å². The highest BCUT2D eigenvalue weighted by molar-refractivity contribution is 6.37. The van der Waals surface area contributed by atoms with Crippen molar-refractivity contribution in [3.63, 3.8) is 0 Å². The fourth-order valence-corrected chi connectivity index (χ4v) is 5.97. The fraction of sp³-hybridized carbons (Fsp3) is 0.0270. The van der Waals surface area contributed by atoms with Crippen LogP contribution in [0.15, 0.2) is 148 Å². The van der Waals surface area contributed by atoms with Crippen LogP contribution in [-0.2, 0) is 0 Å². The Morgan fingerprint density at radius 1 is 0.595 bits per heavy atom. The minimum atomic E-state index is -0.356. The van der Waals surface area contributed by atoms with Crippen molar-refractivity contribution in [1.82, 2.24) is 5.32 Å². The van der Waals surface area contributed by atoms with Crippen LogP contribution in [0.2, 0.25) is 5.02 Å². The highest BCUT2D eigenvalue weighted by Gasteiger charge is 2.26. The molecular formula is C37H24ClN3O. The summed E-state index contributed by atoms with van der Waals surface area (Å²) in [4.78, 5) is 10.2. The highest BCUT2D eigenvalue weighted by atomic mass is 35.5. The van der Waals surface area contributed by atoms with Crippen LogP contribution in [0, 0.1) is 0 Å². The third-order valence-corrected chi connectivity index (χ3v) is 8.12. The Morgan fingerprint density at radius 3 is 2.14 bits per heavy atom. The fourth-order valence-electron chi connectivity index (χ4n) is 5.74. The summed E-state index contributed by atoms with van der Waals surface area (Å²) in [6.07, 6.45) is -0.356. The van der Waals surface area contributed by atoms with Gasteiger partial charge in [-0.2, -0.15) is 0 Å². The molecule has 1 unspecified atom stereocenters. The molecule has 0 radical (unpaired) electrons.